The number of nitrogens with one attached hydrogen (secondary N) is 2. The summed E-state index contributed by atoms with van der Waals surface area (Å²) < 4.78 is 0. The van der Waals surface area contributed by atoms with Gasteiger partial charge in [-0.1, -0.05) is 32.9 Å². The van der Waals surface area contributed by atoms with Crippen LogP contribution in [-0.2, 0) is 9.59 Å². The third-order valence-electron chi connectivity index (χ3n) is 4.00. The minimum absolute atomic E-state index is 0.0132. The normalized spacial score (nSPS) is 12.4. The molecule has 1 atom stereocenters. The van der Waals surface area contributed by atoms with Crippen LogP contribution in [0.25, 0.3) is 10.6 Å². The number of rotatable bonds is 7. The van der Waals surface area contributed by atoms with Gasteiger partial charge in [0.05, 0.1) is 15.8 Å². The van der Waals surface area contributed by atoms with Crippen LogP contribution in [0.5, 0.6) is 0 Å². The van der Waals surface area contributed by atoms with Crippen molar-refractivity contribution in [3.8, 4) is 10.6 Å². The summed E-state index contributed by atoms with van der Waals surface area (Å²) in [4.78, 5) is 31.3. The molecule has 1 unspecified atom stereocenters. The highest BCUT2D eigenvalue weighted by atomic mass is 32.2. The summed E-state index contributed by atoms with van der Waals surface area (Å²) in [5.41, 5.74) is 1.55. The molecule has 8 heteroatoms. The predicted octanol–water partition coefficient (Wildman–Crippen LogP) is 6.37. The summed E-state index contributed by atoms with van der Waals surface area (Å²) in [6.07, 6.45) is 0.449. The number of carbonyl (C=O) groups is 2. The van der Waals surface area contributed by atoms with Crippen LogP contribution in [0.1, 0.15) is 34.1 Å². The lowest BCUT2D eigenvalue weighted by Gasteiger charge is -2.17. The molecule has 2 aromatic heterocycles. The number of amides is 2. The Labute approximate surface area is 189 Å². The zero-order chi connectivity index (χ0) is 21.7. The van der Waals surface area contributed by atoms with Crippen molar-refractivity contribution in [3.05, 3.63) is 47.2 Å². The minimum atomic E-state index is -0.306. The number of benzene rings is 1. The number of hydrogen-bond acceptors (Lipinski definition) is 6. The largest absolute Gasteiger partial charge is 0.326 e. The van der Waals surface area contributed by atoms with Crippen molar-refractivity contribution in [2.45, 2.75) is 44.3 Å². The fourth-order valence-corrected chi connectivity index (χ4v) is 5.07. The van der Waals surface area contributed by atoms with Crippen molar-refractivity contribution in [1.82, 2.24) is 4.98 Å². The number of aromatic nitrogens is 1. The molecule has 0 radical (unpaired) electrons. The van der Waals surface area contributed by atoms with Crippen molar-refractivity contribution in [3.63, 3.8) is 0 Å². The van der Waals surface area contributed by atoms with Crippen LogP contribution in [0, 0.1) is 5.41 Å². The number of thiophene rings is 1. The molecule has 0 aliphatic rings. The summed E-state index contributed by atoms with van der Waals surface area (Å²) in [6.45, 7) is 7.96. The third-order valence-corrected chi connectivity index (χ3v) is 6.74. The van der Waals surface area contributed by atoms with Gasteiger partial charge in [0.25, 0.3) is 0 Å². The van der Waals surface area contributed by atoms with Crippen molar-refractivity contribution in [2.75, 3.05) is 10.6 Å². The van der Waals surface area contributed by atoms with E-state index in [0.717, 1.165) is 21.2 Å². The second-order valence-electron chi connectivity index (χ2n) is 8.08. The van der Waals surface area contributed by atoms with E-state index in [1.54, 1.807) is 11.3 Å². The smallest absolute Gasteiger partial charge is 0.239 e. The Hall–Kier alpha value is -2.16. The first-order valence-corrected chi connectivity index (χ1v) is 12.2. The van der Waals surface area contributed by atoms with E-state index in [4.69, 9.17) is 0 Å². The summed E-state index contributed by atoms with van der Waals surface area (Å²) in [5.74, 6) is -0.116. The average molecular weight is 460 g/mol. The highest BCUT2D eigenvalue weighted by molar-refractivity contribution is 8.00. The SMILES string of the molecule is CC(Sc1cccc(NC(=O)CC(C)(C)C)c1)C(=O)Nc1nc(-c2cccs2)cs1. The zero-order valence-electron chi connectivity index (χ0n) is 17.4. The van der Waals surface area contributed by atoms with E-state index in [-0.39, 0.29) is 22.5 Å². The second-order valence-corrected chi connectivity index (χ2v) is 11.3. The van der Waals surface area contributed by atoms with Crippen LogP contribution in [0.4, 0.5) is 10.8 Å². The fourth-order valence-electron chi connectivity index (χ4n) is 2.67. The Morgan fingerprint density at radius 3 is 2.63 bits per heavy atom. The van der Waals surface area contributed by atoms with Gasteiger partial charge >= 0.3 is 0 Å². The summed E-state index contributed by atoms with van der Waals surface area (Å²) in [7, 11) is 0. The molecule has 0 fully saturated rings. The standard InChI is InChI=1S/C22H25N3O2S3/c1-14(20(27)25-21-24-17(13-29-21)18-9-6-10-28-18)30-16-8-5-7-15(11-16)23-19(26)12-22(2,3)4/h5-11,13-14H,12H2,1-4H3,(H,23,26)(H,24,25,27). The molecule has 5 nitrogen and oxygen atoms in total. The van der Waals surface area contributed by atoms with Crippen molar-refractivity contribution in [1.29, 1.82) is 0 Å². The number of nitrogens with zero attached hydrogens (tertiary/aromatic N) is 1. The second kappa shape index (κ2) is 9.76. The van der Waals surface area contributed by atoms with E-state index >= 15 is 0 Å². The van der Waals surface area contributed by atoms with Gasteiger partial charge in [0, 0.05) is 22.4 Å². The van der Waals surface area contributed by atoms with E-state index in [1.807, 2.05) is 74.9 Å². The van der Waals surface area contributed by atoms with E-state index < -0.39 is 0 Å². The molecule has 0 saturated heterocycles. The van der Waals surface area contributed by atoms with E-state index in [2.05, 4.69) is 15.6 Å². The van der Waals surface area contributed by atoms with E-state index in [1.165, 1.54) is 23.1 Å². The van der Waals surface area contributed by atoms with Gasteiger partial charge in [-0.3, -0.25) is 9.59 Å². The molecular weight excluding hydrogens is 434 g/mol. The summed E-state index contributed by atoms with van der Waals surface area (Å²) in [5, 5.41) is 10.1. The van der Waals surface area contributed by atoms with Crippen molar-refractivity contribution >= 4 is 57.1 Å². The number of hydrogen-bond donors (Lipinski definition) is 2. The average Bonchev–Trinajstić information content (AvgIpc) is 3.31. The first-order chi connectivity index (χ1) is 14.2. The Morgan fingerprint density at radius 2 is 1.93 bits per heavy atom. The maximum absolute atomic E-state index is 12.6. The van der Waals surface area contributed by atoms with Crippen LogP contribution in [0.15, 0.2) is 52.1 Å². The van der Waals surface area contributed by atoms with Crippen LogP contribution in [0.3, 0.4) is 0 Å². The fraction of sp³-hybridized carbons (Fsp3) is 0.318. The van der Waals surface area contributed by atoms with Crippen LogP contribution < -0.4 is 10.6 Å². The number of thioether (sulfide) groups is 1. The molecule has 2 N–H and O–H groups in total. The molecule has 0 aliphatic heterocycles. The number of carbonyl (C=O) groups excluding carboxylic acids is 2. The van der Waals surface area contributed by atoms with Gasteiger partial charge < -0.3 is 10.6 Å². The lowest BCUT2D eigenvalue weighted by atomic mass is 9.92. The predicted molar refractivity (Wildman–Crippen MR) is 129 cm³/mol. The van der Waals surface area contributed by atoms with Crippen molar-refractivity contribution in [2.24, 2.45) is 5.41 Å². The molecule has 2 heterocycles. The zero-order valence-corrected chi connectivity index (χ0v) is 19.8. The van der Waals surface area contributed by atoms with Crippen LogP contribution >= 0.6 is 34.4 Å². The van der Waals surface area contributed by atoms with Crippen molar-refractivity contribution < 1.29 is 9.59 Å². The van der Waals surface area contributed by atoms with Gasteiger partial charge in [0.2, 0.25) is 11.8 Å². The topological polar surface area (TPSA) is 71.1 Å². The highest BCUT2D eigenvalue weighted by Crippen LogP contribution is 2.30. The van der Waals surface area contributed by atoms with Gasteiger partial charge in [-0.25, -0.2) is 4.98 Å². The molecule has 2 amide bonds. The molecule has 3 aromatic rings. The van der Waals surface area contributed by atoms with Gasteiger partial charge in [0.15, 0.2) is 5.13 Å². The Kier molecular flexibility index (Phi) is 7.33. The first kappa shape index (κ1) is 22.5. The molecule has 0 saturated carbocycles. The Bertz CT molecular complexity index is 1010. The lowest BCUT2D eigenvalue weighted by molar-refractivity contribution is -0.118. The monoisotopic (exact) mass is 459 g/mol. The molecule has 0 spiro atoms. The Balaban J connectivity index is 1.57. The van der Waals surface area contributed by atoms with Gasteiger partial charge in [-0.15, -0.1) is 34.4 Å². The maximum atomic E-state index is 12.6. The van der Waals surface area contributed by atoms with E-state index in [9.17, 15) is 9.59 Å². The molecule has 3 rings (SSSR count). The van der Waals surface area contributed by atoms with E-state index in [0.29, 0.717) is 11.6 Å². The molecule has 1 aromatic carbocycles. The third kappa shape index (κ3) is 6.68. The maximum Gasteiger partial charge on any atom is 0.239 e. The first-order valence-electron chi connectivity index (χ1n) is 9.56. The molecule has 0 aliphatic carbocycles. The summed E-state index contributed by atoms with van der Waals surface area (Å²) in [6, 6.07) is 11.6. The van der Waals surface area contributed by atoms with Crippen LogP contribution in [-0.4, -0.2) is 22.0 Å². The molecule has 0 bridgehead atoms. The van der Waals surface area contributed by atoms with Crippen LogP contribution in [0.2, 0.25) is 0 Å². The quantitative estimate of drug-likeness (QED) is 0.403. The van der Waals surface area contributed by atoms with Gasteiger partial charge in [-0.05, 0) is 42.0 Å². The van der Waals surface area contributed by atoms with Gasteiger partial charge in [0.1, 0.15) is 0 Å². The lowest BCUT2D eigenvalue weighted by Crippen LogP contribution is -2.22. The Morgan fingerprint density at radius 1 is 1.13 bits per heavy atom. The van der Waals surface area contributed by atoms with Gasteiger partial charge in [-0.2, -0.15) is 0 Å². The minimum Gasteiger partial charge on any atom is -0.326 e. The molecule has 158 valence electrons. The molecule has 30 heavy (non-hydrogen) atoms. The number of thiazole rings is 1. The summed E-state index contributed by atoms with van der Waals surface area (Å²) >= 11 is 4.49. The highest BCUT2D eigenvalue weighted by Gasteiger charge is 2.18. The molecular formula is C22H25N3O2S3. The number of anilines is 2.